The van der Waals surface area contributed by atoms with Crippen molar-refractivity contribution in [3.05, 3.63) is 24.0 Å². The molecular formula is C17H26BFN2O2. The molecule has 126 valence electrons. The predicted molar refractivity (Wildman–Crippen MR) is 91.8 cm³/mol. The number of rotatable bonds is 3. The molecule has 0 spiro atoms. The first-order valence-electron chi connectivity index (χ1n) is 8.16. The van der Waals surface area contributed by atoms with Crippen LogP contribution >= 0.6 is 0 Å². The Hall–Kier alpha value is -1.11. The Balaban J connectivity index is 1.80. The number of nitrogens with zero attached hydrogens (tertiary/aromatic N) is 2. The maximum absolute atomic E-state index is 14.1. The van der Waals surface area contributed by atoms with Crippen LogP contribution in [0.15, 0.2) is 18.2 Å². The summed E-state index contributed by atoms with van der Waals surface area (Å²) in [4.78, 5) is 4.38. The Kier molecular flexibility index (Phi) is 3.98. The monoisotopic (exact) mass is 320 g/mol. The van der Waals surface area contributed by atoms with Crippen LogP contribution in [-0.4, -0.2) is 56.4 Å². The summed E-state index contributed by atoms with van der Waals surface area (Å²) < 4.78 is 26.2. The van der Waals surface area contributed by atoms with Crippen molar-refractivity contribution in [1.29, 1.82) is 0 Å². The minimum absolute atomic E-state index is 0.250. The van der Waals surface area contributed by atoms with Gasteiger partial charge < -0.3 is 19.1 Å². The van der Waals surface area contributed by atoms with Crippen LogP contribution in [0.5, 0.6) is 0 Å². The summed E-state index contributed by atoms with van der Waals surface area (Å²) in [6.07, 6.45) is 0. The van der Waals surface area contributed by atoms with Gasteiger partial charge in [-0.2, -0.15) is 0 Å². The van der Waals surface area contributed by atoms with Crippen molar-refractivity contribution in [1.82, 2.24) is 4.90 Å². The van der Waals surface area contributed by atoms with Gasteiger partial charge in [-0.05, 0) is 65.5 Å². The molecule has 0 bridgehead atoms. The molecule has 2 fully saturated rings. The van der Waals surface area contributed by atoms with Gasteiger partial charge in [0.2, 0.25) is 0 Å². The Labute approximate surface area is 138 Å². The number of likely N-dealkylation sites (N-methyl/N-ethyl adjacent to an activating group) is 1. The second-order valence-corrected chi connectivity index (χ2v) is 7.85. The van der Waals surface area contributed by atoms with Crippen LogP contribution in [0.2, 0.25) is 0 Å². The molecule has 0 saturated carbocycles. The Morgan fingerprint density at radius 1 is 1.09 bits per heavy atom. The van der Waals surface area contributed by atoms with Gasteiger partial charge in [-0.15, -0.1) is 0 Å². The summed E-state index contributed by atoms with van der Waals surface area (Å²) in [6.45, 7) is 9.85. The average Bonchev–Trinajstić information content (AvgIpc) is 2.55. The lowest BCUT2D eigenvalue weighted by molar-refractivity contribution is 0.00578. The van der Waals surface area contributed by atoms with Gasteiger partial charge in [0.15, 0.2) is 0 Å². The molecule has 6 heteroatoms. The zero-order chi connectivity index (χ0) is 17.0. The highest BCUT2D eigenvalue weighted by Crippen LogP contribution is 2.36. The Bertz CT molecular complexity index is 584. The van der Waals surface area contributed by atoms with Crippen LogP contribution in [0.3, 0.4) is 0 Å². The first-order valence-corrected chi connectivity index (χ1v) is 8.16. The van der Waals surface area contributed by atoms with E-state index in [9.17, 15) is 4.39 Å². The van der Waals surface area contributed by atoms with Gasteiger partial charge >= 0.3 is 7.12 Å². The molecule has 2 heterocycles. The van der Waals surface area contributed by atoms with Gasteiger partial charge in [-0.3, -0.25) is 0 Å². The standard InChI is InChI=1S/C17H26BFN2O2/c1-16(2)17(3,4)23-18(22-16)12-7-13(19)9-14(8-12)21-10-15(11-21)20(5)6/h7-9,15H,10-11H2,1-6H3. The summed E-state index contributed by atoms with van der Waals surface area (Å²) in [5, 5.41) is 0. The normalized spacial score (nSPS) is 23.5. The van der Waals surface area contributed by atoms with E-state index in [-0.39, 0.29) is 5.82 Å². The third-order valence-electron chi connectivity index (χ3n) is 5.39. The maximum Gasteiger partial charge on any atom is 0.495 e. The third-order valence-corrected chi connectivity index (χ3v) is 5.39. The molecule has 4 nitrogen and oxygen atoms in total. The minimum Gasteiger partial charge on any atom is -0.399 e. The molecule has 2 aliphatic heterocycles. The highest BCUT2D eigenvalue weighted by atomic mass is 19.1. The largest absolute Gasteiger partial charge is 0.495 e. The van der Waals surface area contributed by atoms with Crippen molar-refractivity contribution in [3.8, 4) is 0 Å². The highest BCUT2D eigenvalue weighted by Gasteiger charge is 2.51. The van der Waals surface area contributed by atoms with E-state index in [1.165, 1.54) is 6.07 Å². The fourth-order valence-electron chi connectivity index (χ4n) is 2.89. The van der Waals surface area contributed by atoms with Crippen LogP contribution in [0.4, 0.5) is 10.1 Å². The minimum atomic E-state index is -0.527. The second kappa shape index (κ2) is 5.47. The molecule has 0 aliphatic carbocycles. The fraction of sp³-hybridized carbons (Fsp3) is 0.647. The molecule has 23 heavy (non-hydrogen) atoms. The van der Waals surface area contributed by atoms with Crippen LogP contribution < -0.4 is 10.4 Å². The highest BCUT2D eigenvalue weighted by molar-refractivity contribution is 6.62. The molecule has 0 atom stereocenters. The molecule has 0 radical (unpaired) electrons. The number of anilines is 1. The van der Waals surface area contributed by atoms with Crippen molar-refractivity contribution in [2.45, 2.75) is 44.9 Å². The molecule has 2 saturated heterocycles. The number of hydrogen-bond donors (Lipinski definition) is 0. The Morgan fingerprint density at radius 3 is 2.17 bits per heavy atom. The van der Waals surface area contributed by atoms with E-state index in [0.717, 1.165) is 24.2 Å². The number of halogens is 1. The molecule has 1 aromatic carbocycles. The lowest BCUT2D eigenvalue weighted by Crippen LogP contribution is -2.57. The van der Waals surface area contributed by atoms with Crippen molar-refractivity contribution >= 4 is 18.3 Å². The van der Waals surface area contributed by atoms with E-state index in [1.54, 1.807) is 6.07 Å². The fourth-order valence-corrected chi connectivity index (χ4v) is 2.89. The van der Waals surface area contributed by atoms with Crippen LogP contribution in [0, 0.1) is 5.82 Å². The van der Waals surface area contributed by atoms with Gasteiger partial charge in [0.05, 0.1) is 11.2 Å². The predicted octanol–water partition coefficient (Wildman–Crippen LogP) is 1.88. The zero-order valence-electron chi connectivity index (χ0n) is 14.9. The van der Waals surface area contributed by atoms with Gasteiger partial charge in [0.1, 0.15) is 5.82 Å². The third kappa shape index (κ3) is 3.00. The second-order valence-electron chi connectivity index (χ2n) is 7.85. The van der Waals surface area contributed by atoms with Gasteiger partial charge in [-0.1, -0.05) is 0 Å². The first-order chi connectivity index (χ1) is 10.6. The summed E-state index contributed by atoms with van der Waals surface area (Å²) in [6, 6.07) is 5.60. The molecule has 0 N–H and O–H groups in total. The number of benzene rings is 1. The maximum atomic E-state index is 14.1. The van der Waals surface area contributed by atoms with Crippen molar-refractivity contribution in [2.75, 3.05) is 32.1 Å². The van der Waals surface area contributed by atoms with E-state index < -0.39 is 18.3 Å². The van der Waals surface area contributed by atoms with E-state index in [1.807, 2.05) is 33.8 Å². The molecule has 0 aromatic heterocycles. The summed E-state index contributed by atoms with van der Waals surface area (Å²) in [5.41, 5.74) is 0.799. The summed E-state index contributed by atoms with van der Waals surface area (Å²) in [5.74, 6) is -0.250. The van der Waals surface area contributed by atoms with Crippen molar-refractivity contribution in [2.24, 2.45) is 0 Å². The molecule has 2 aliphatic rings. The average molecular weight is 320 g/mol. The molecule has 3 rings (SSSR count). The van der Waals surface area contributed by atoms with Crippen LogP contribution in [-0.2, 0) is 9.31 Å². The summed E-state index contributed by atoms with van der Waals surface area (Å²) in [7, 11) is 3.62. The van der Waals surface area contributed by atoms with Gasteiger partial charge in [0.25, 0.3) is 0 Å². The quantitative estimate of drug-likeness (QED) is 0.794. The molecular weight excluding hydrogens is 294 g/mol. The van der Waals surface area contributed by atoms with Crippen LogP contribution in [0.1, 0.15) is 27.7 Å². The lowest BCUT2D eigenvalue weighted by Gasteiger charge is -2.44. The Morgan fingerprint density at radius 2 is 1.65 bits per heavy atom. The van der Waals surface area contributed by atoms with E-state index in [0.29, 0.717) is 6.04 Å². The zero-order valence-corrected chi connectivity index (χ0v) is 14.9. The smallest absolute Gasteiger partial charge is 0.399 e. The molecule has 1 aromatic rings. The summed E-state index contributed by atoms with van der Waals surface area (Å²) >= 11 is 0. The van der Waals surface area contributed by atoms with Gasteiger partial charge in [-0.25, -0.2) is 4.39 Å². The van der Waals surface area contributed by atoms with E-state index in [2.05, 4.69) is 23.9 Å². The van der Waals surface area contributed by atoms with Gasteiger partial charge in [0, 0.05) is 24.8 Å². The van der Waals surface area contributed by atoms with Crippen molar-refractivity contribution < 1.29 is 13.7 Å². The SMILES string of the molecule is CN(C)C1CN(c2cc(F)cc(B3OC(C)(C)C(C)(C)O3)c2)C1. The van der Waals surface area contributed by atoms with Crippen molar-refractivity contribution in [3.63, 3.8) is 0 Å². The number of hydrogen-bond acceptors (Lipinski definition) is 4. The topological polar surface area (TPSA) is 24.9 Å². The first kappa shape index (κ1) is 16.7. The van der Waals surface area contributed by atoms with E-state index >= 15 is 0 Å². The van der Waals surface area contributed by atoms with E-state index in [4.69, 9.17) is 9.31 Å². The molecule has 0 unspecified atom stereocenters. The lowest BCUT2D eigenvalue weighted by atomic mass is 9.78. The molecule has 0 amide bonds. The van der Waals surface area contributed by atoms with Crippen LogP contribution in [0.25, 0.3) is 0 Å².